The lowest BCUT2D eigenvalue weighted by Crippen LogP contribution is -2.61. The second-order valence-electron chi connectivity index (χ2n) is 17.8. The molecule has 17 heteroatoms. The van der Waals surface area contributed by atoms with E-state index in [1.165, 1.54) is 18.9 Å². The lowest BCUT2D eigenvalue weighted by atomic mass is 9.73. The normalized spacial score (nSPS) is 37.1. The van der Waals surface area contributed by atoms with Crippen molar-refractivity contribution >= 4 is 29.3 Å². The van der Waals surface area contributed by atoms with Gasteiger partial charge in [-0.15, -0.1) is 5.10 Å². The van der Waals surface area contributed by atoms with Crippen molar-refractivity contribution in [2.45, 2.75) is 154 Å². The number of amides is 1. The summed E-state index contributed by atoms with van der Waals surface area (Å²) in [6.45, 7) is 13.1. The van der Waals surface area contributed by atoms with Crippen molar-refractivity contribution in [2.24, 2.45) is 17.8 Å². The third-order valence-corrected chi connectivity index (χ3v) is 12.9. The Labute approximate surface area is 352 Å². The number of hydrogen-bond donors (Lipinski definition) is 2. The number of nitrogens with two attached hydrogens (primary N) is 1. The molecule has 0 spiro atoms. The maximum Gasteiger partial charge on any atom is 0.410 e. The second-order valence-corrected chi connectivity index (χ2v) is 17.8. The number of ketones is 2. The smallest absolute Gasteiger partial charge is 0.410 e. The molecule has 0 aliphatic carbocycles. The number of carbonyl (C=O) groups is 4. The number of unbranched alkanes of at least 4 members (excludes halogenated alkanes) is 1. The van der Waals surface area contributed by atoms with E-state index in [0.29, 0.717) is 37.2 Å². The molecule has 0 unspecified atom stereocenters. The Morgan fingerprint density at radius 3 is 2.37 bits per heavy atom. The maximum atomic E-state index is 16.9. The van der Waals surface area contributed by atoms with Gasteiger partial charge >= 0.3 is 12.1 Å². The minimum Gasteiger partial charge on any atom is -0.455 e. The van der Waals surface area contributed by atoms with Gasteiger partial charge in [-0.1, -0.05) is 45.0 Å². The number of ether oxygens (including phenoxy) is 5. The van der Waals surface area contributed by atoms with Crippen LogP contribution in [0.15, 0.2) is 30.5 Å². The summed E-state index contributed by atoms with van der Waals surface area (Å²) >= 11 is 0. The summed E-state index contributed by atoms with van der Waals surface area (Å²) in [5.74, 6) is -5.85. The maximum absolute atomic E-state index is 16.9. The molecule has 5 rings (SSSR count). The number of methoxy groups -OCH3 is 1. The summed E-state index contributed by atoms with van der Waals surface area (Å²) in [4.78, 5) is 60.1. The first-order valence-electron chi connectivity index (χ1n) is 21.0. The van der Waals surface area contributed by atoms with E-state index in [-0.39, 0.29) is 37.3 Å². The molecule has 3 aliphatic rings. The van der Waals surface area contributed by atoms with E-state index in [4.69, 9.17) is 29.4 Å². The molecule has 0 radical (unpaired) electrons. The Bertz CT molecular complexity index is 1860. The lowest BCUT2D eigenvalue weighted by Gasteiger charge is -2.47. The minimum atomic E-state index is -3.19. The standard InChI is InChI=1S/C43H65FN6O10/c1-12-32-43(8)35(50(40(55)60-43)19-14-13-18-49-23-30(46-47-49)28-16-15-17-29(45)21-28)26(4)33(51)24(2)22-41(6,56-11)37(27(5)36(53)42(7,44)39(54)58-32)59-38-34(52)31(48(9)10)20-25(3)57-38/h15-17,21,23-27,31-32,34-35,37-38,52H,12-14,18-20,22,45H2,1-11H3/t24-,25-,26+,27+,31+,32-,34-,35-,37-,38+,41+,42+,43-/m1/s1. The predicted octanol–water partition coefficient (Wildman–Crippen LogP) is 4.60. The number of fused-ring (bicyclic) bond motifs is 1. The van der Waals surface area contributed by atoms with Gasteiger partial charge in [-0.05, 0) is 86.0 Å². The molecular weight excluding hydrogens is 780 g/mol. The molecule has 4 heterocycles. The predicted molar refractivity (Wildman–Crippen MR) is 219 cm³/mol. The molecule has 60 heavy (non-hydrogen) atoms. The molecule has 3 aliphatic heterocycles. The summed E-state index contributed by atoms with van der Waals surface area (Å²) < 4.78 is 49.2. The number of aliphatic hydroxyl groups excluding tert-OH is 1. The number of aryl methyl sites for hydroxylation is 1. The largest absolute Gasteiger partial charge is 0.455 e. The molecule has 2 aromatic rings. The third kappa shape index (κ3) is 9.39. The van der Waals surface area contributed by atoms with Crippen LogP contribution in [0.1, 0.15) is 87.5 Å². The number of nitrogens with zero attached hydrogens (tertiary/aromatic N) is 5. The fraction of sp³-hybridized carbons (Fsp3) is 0.721. The zero-order valence-electron chi connectivity index (χ0n) is 36.9. The highest BCUT2D eigenvalue weighted by molar-refractivity contribution is 6.08. The molecule has 1 amide bonds. The number of esters is 1. The van der Waals surface area contributed by atoms with E-state index in [1.807, 2.05) is 50.3 Å². The van der Waals surface area contributed by atoms with Gasteiger partial charge < -0.3 is 44.3 Å². The van der Waals surface area contributed by atoms with E-state index < -0.39 is 83.1 Å². The van der Waals surface area contributed by atoms with Gasteiger partial charge in [-0.3, -0.25) is 14.3 Å². The molecule has 3 N–H and O–H groups in total. The quantitative estimate of drug-likeness (QED) is 0.138. The topological polar surface area (TPSA) is 198 Å². The Balaban J connectivity index is 1.45. The van der Waals surface area contributed by atoms with Crippen molar-refractivity contribution in [2.75, 3.05) is 33.5 Å². The summed E-state index contributed by atoms with van der Waals surface area (Å²) in [6, 6.07) is 6.02. The van der Waals surface area contributed by atoms with Gasteiger partial charge in [0.2, 0.25) is 0 Å². The molecular formula is C43H65FN6O10. The van der Waals surface area contributed by atoms with Gasteiger partial charge in [0.05, 0.1) is 30.0 Å². The van der Waals surface area contributed by atoms with Crippen molar-refractivity contribution < 1.29 is 52.4 Å². The first-order valence-corrected chi connectivity index (χ1v) is 21.0. The Hall–Kier alpha value is -4.03. The van der Waals surface area contributed by atoms with Crippen LogP contribution >= 0.6 is 0 Å². The number of cyclic esters (lactones) is 1. The van der Waals surface area contributed by atoms with Crippen LogP contribution in [0.5, 0.6) is 0 Å². The number of anilines is 1. The highest BCUT2D eigenvalue weighted by Gasteiger charge is 2.61. The van der Waals surface area contributed by atoms with E-state index >= 15 is 4.39 Å². The molecule has 334 valence electrons. The molecule has 0 bridgehead atoms. The molecule has 16 nitrogen and oxygen atoms in total. The van der Waals surface area contributed by atoms with Gasteiger partial charge in [0.1, 0.15) is 23.7 Å². The lowest BCUT2D eigenvalue weighted by molar-refractivity contribution is -0.295. The highest BCUT2D eigenvalue weighted by Crippen LogP contribution is 2.44. The molecule has 3 saturated heterocycles. The van der Waals surface area contributed by atoms with Crippen LogP contribution in [0, 0.1) is 17.8 Å². The van der Waals surface area contributed by atoms with Crippen LogP contribution in [0.25, 0.3) is 11.3 Å². The zero-order valence-corrected chi connectivity index (χ0v) is 36.9. The number of likely N-dealkylation sites (N-methyl/N-ethyl adjacent to an activating group) is 1. The number of Topliss-reactive ketones (excluding diaryl/α,β-unsaturated/α-hetero) is 2. The molecule has 3 fully saturated rings. The minimum absolute atomic E-state index is 0.0111. The SMILES string of the molecule is CC[C@H]1OC(=O)[C@@](C)(F)C(=O)[C@H](C)[C@@H](O[C@@H]2O[C@H](C)C[C@H](N(C)C)[C@H]2O)[C@@](C)(OC)C[C@@H](C)C(=O)[C@H](C)[C@H]2N(CCCCn3cc(-c4cccc(N)c4)nn3)C(=O)O[C@]12C. The van der Waals surface area contributed by atoms with E-state index in [2.05, 4.69) is 10.3 Å². The first kappa shape index (κ1) is 47.0. The summed E-state index contributed by atoms with van der Waals surface area (Å²) in [5, 5.41) is 19.9. The summed E-state index contributed by atoms with van der Waals surface area (Å²) in [6.07, 6.45) is -2.57. The van der Waals surface area contributed by atoms with Gasteiger partial charge in [0, 0.05) is 55.2 Å². The van der Waals surface area contributed by atoms with Crippen molar-refractivity contribution in [3.05, 3.63) is 30.5 Å². The van der Waals surface area contributed by atoms with Crippen LogP contribution in [0.4, 0.5) is 14.9 Å². The van der Waals surface area contributed by atoms with Gasteiger partial charge in [-0.25, -0.2) is 14.0 Å². The van der Waals surface area contributed by atoms with Crippen LogP contribution in [-0.4, -0.2) is 141 Å². The van der Waals surface area contributed by atoms with Crippen LogP contribution in [0.3, 0.4) is 0 Å². The van der Waals surface area contributed by atoms with Crippen molar-refractivity contribution in [3.8, 4) is 11.3 Å². The van der Waals surface area contributed by atoms with E-state index in [9.17, 15) is 24.3 Å². The number of aromatic nitrogens is 3. The summed E-state index contributed by atoms with van der Waals surface area (Å²) in [5.41, 5.74) is 1.80. The third-order valence-electron chi connectivity index (χ3n) is 12.9. The van der Waals surface area contributed by atoms with Crippen molar-refractivity contribution in [1.29, 1.82) is 0 Å². The number of halogens is 1. The van der Waals surface area contributed by atoms with Crippen LogP contribution in [0.2, 0.25) is 0 Å². The fourth-order valence-electron chi connectivity index (χ4n) is 9.51. The Morgan fingerprint density at radius 2 is 1.73 bits per heavy atom. The molecule has 1 aromatic carbocycles. The number of aliphatic hydroxyl groups is 1. The zero-order chi connectivity index (χ0) is 44.5. The first-order chi connectivity index (χ1) is 28.1. The number of benzene rings is 1. The second kappa shape index (κ2) is 18.5. The van der Waals surface area contributed by atoms with Crippen LogP contribution < -0.4 is 5.73 Å². The number of rotatable bonds is 11. The average molecular weight is 845 g/mol. The average Bonchev–Trinajstić information content (AvgIpc) is 3.78. The molecule has 13 atom stereocenters. The van der Waals surface area contributed by atoms with Crippen molar-refractivity contribution in [3.63, 3.8) is 0 Å². The van der Waals surface area contributed by atoms with Crippen LogP contribution in [-0.2, 0) is 44.6 Å². The molecule has 0 saturated carbocycles. The number of alkyl halides is 1. The highest BCUT2D eigenvalue weighted by atomic mass is 19.1. The van der Waals surface area contributed by atoms with Gasteiger partial charge in [-0.2, -0.15) is 0 Å². The Kier molecular flexibility index (Phi) is 14.5. The number of hydrogen-bond acceptors (Lipinski definition) is 14. The monoisotopic (exact) mass is 844 g/mol. The summed E-state index contributed by atoms with van der Waals surface area (Å²) in [7, 11) is 5.04. The fourth-order valence-corrected chi connectivity index (χ4v) is 9.51. The van der Waals surface area contributed by atoms with E-state index in [0.717, 1.165) is 12.5 Å². The number of carbonyl (C=O) groups excluding carboxylic acids is 4. The van der Waals surface area contributed by atoms with Gasteiger partial charge in [0.15, 0.2) is 17.7 Å². The van der Waals surface area contributed by atoms with E-state index in [1.54, 1.807) is 45.4 Å². The Morgan fingerprint density at radius 1 is 1.05 bits per heavy atom. The van der Waals surface area contributed by atoms with Gasteiger partial charge in [0.25, 0.3) is 5.67 Å². The molecule has 1 aromatic heterocycles. The van der Waals surface area contributed by atoms with Crippen molar-refractivity contribution in [1.82, 2.24) is 24.8 Å². The number of nitrogen functional groups attached to an aromatic ring is 1.